The lowest BCUT2D eigenvalue weighted by Gasteiger charge is -2.28. The molecule has 0 amide bonds. The Bertz CT molecular complexity index is 465. The Labute approximate surface area is 132 Å². The van der Waals surface area contributed by atoms with Crippen LogP contribution in [0.1, 0.15) is 24.4 Å². The molecule has 1 aliphatic rings. The van der Waals surface area contributed by atoms with E-state index in [1.807, 2.05) is 0 Å². The van der Waals surface area contributed by atoms with Gasteiger partial charge < -0.3 is 15.2 Å². The van der Waals surface area contributed by atoms with Crippen molar-refractivity contribution in [2.75, 3.05) is 13.2 Å². The van der Waals surface area contributed by atoms with Crippen molar-refractivity contribution in [1.29, 1.82) is 0 Å². The highest BCUT2D eigenvalue weighted by atomic mass is 35.5. The van der Waals surface area contributed by atoms with Crippen molar-refractivity contribution in [2.45, 2.75) is 25.2 Å². The van der Waals surface area contributed by atoms with Gasteiger partial charge in [0.15, 0.2) is 0 Å². The molecule has 21 heavy (non-hydrogen) atoms. The molecule has 0 unspecified atom stereocenters. The van der Waals surface area contributed by atoms with Crippen LogP contribution in [0.15, 0.2) is 18.2 Å². The van der Waals surface area contributed by atoms with Crippen molar-refractivity contribution in [1.82, 2.24) is 0 Å². The molecule has 3 nitrogen and oxygen atoms in total. The van der Waals surface area contributed by atoms with Gasteiger partial charge in [-0.1, -0.05) is 17.7 Å². The highest BCUT2D eigenvalue weighted by Crippen LogP contribution is 2.34. The van der Waals surface area contributed by atoms with Crippen LogP contribution in [0.2, 0.25) is 5.02 Å². The number of halogens is 5. The van der Waals surface area contributed by atoms with Gasteiger partial charge >= 0.3 is 6.36 Å². The number of benzene rings is 1. The Morgan fingerprint density at radius 2 is 1.90 bits per heavy atom. The first-order valence-corrected chi connectivity index (χ1v) is 6.63. The van der Waals surface area contributed by atoms with Gasteiger partial charge in [-0.15, -0.1) is 25.6 Å². The average molecular weight is 346 g/mol. The zero-order valence-corrected chi connectivity index (χ0v) is 12.6. The Hall–Kier alpha value is -0.690. The monoisotopic (exact) mass is 345 g/mol. The molecule has 1 heterocycles. The van der Waals surface area contributed by atoms with E-state index in [0.717, 1.165) is 12.8 Å². The van der Waals surface area contributed by atoms with Crippen LogP contribution in [0.25, 0.3) is 0 Å². The zero-order chi connectivity index (χ0) is 14.8. The molecule has 1 aromatic rings. The van der Waals surface area contributed by atoms with Crippen LogP contribution in [0.5, 0.6) is 5.75 Å². The van der Waals surface area contributed by atoms with Crippen LogP contribution in [0, 0.1) is 5.92 Å². The van der Waals surface area contributed by atoms with Crippen LogP contribution < -0.4 is 10.5 Å². The highest BCUT2D eigenvalue weighted by Gasteiger charge is 2.32. The van der Waals surface area contributed by atoms with Crippen LogP contribution in [-0.4, -0.2) is 19.6 Å². The number of nitrogens with two attached hydrogens (primary N) is 1. The molecule has 2 N–H and O–H groups in total. The molecule has 120 valence electrons. The molecule has 0 spiro atoms. The topological polar surface area (TPSA) is 44.5 Å². The minimum absolute atomic E-state index is 0. The lowest BCUT2D eigenvalue weighted by atomic mass is 9.88. The second kappa shape index (κ2) is 7.54. The van der Waals surface area contributed by atoms with Gasteiger partial charge in [0, 0.05) is 19.3 Å². The van der Waals surface area contributed by atoms with Crippen molar-refractivity contribution in [2.24, 2.45) is 11.7 Å². The molecular formula is C13H16Cl2F3NO2. The maximum Gasteiger partial charge on any atom is 0.573 e. The summed E-state index contributed by atoms with van der Waals surface area (Å²) in [5, 5.41) is -0.0951. The molecule has 1 fully saturated rings. The van der Waals surface area contributed by atoms with Gasteiger partial charge in [-0.2, -0.15) is 0 Å². The van der Waals surface area contributed by atoms with Gasteiger partial charge in [-0.05, 0) is 36.5 Å². The SMILES string of the molecule is Cl.N[C@@H](c1ccc(OC(F)(F)F)c(Cl)c1)C1CCOCC1. The van der Waals surface area contributed by atoms with E-state index >= 15 is 0 Å². The van der Waals surface area contributed by atoms with Gasteiger partial charge in [0.25, 0.3) is 0 Å². The summed E-state index contributed by atoms with van der Waals surface area (Å²) in [4.78, 5) is 0. The van der Waals surface area contributed by atoms with Crippen molar-refractivity contribution < 1.29 is 22.6 Å². The normalized spacial score (nSPS) is 18.0. The van der Waals surface area contributed by atoms with Gasteiger partial charge in [0.2, 0.25) is 0 Å². The number of hydrogen-bond donors (Lipinski definition) is 1. The standard InChI is InChI=1S/C13H15ClF3NO2.ClH/c14-10-7-9(1-2-11(10)20-13(15,16)17)12(18)8-3-5-19-6-4-8;/h1-2,7-8,12H,3-6,18H2;1H/t12-;/m1./s1. The molecule has 0 saturated carbocycles. The maximum absolute atomic E-state index is 12.2. The fourth-order valence-electron chi connectivity index (χ4n) is 2.28. The summed E-state index contributed by atoms with van der Waals surface area (Å²) >= 11 is 5.81. The second-order valence-electron chi connectivity index (χ2n) is 4.71. The third-order valence-electron chi connectivity index (χ3n) is 3.34. The first kappa shape index (κ1) is 18.4. The van der Waals surface area contributed by atoms with Crippen molar-refractivity contribution >= 4 is 24.0 Å². The Kier molecular flexibility index (Phi) is 6.59. The molecule has 8 heteroatoms. The molecular weight excluding hydrogens is 330 g/mol. The molecule has 2 rings (SSSR count). The molecule has 0 radical (unpaired) electrons. The number of ether oxygens (including phenoxy) is 2. The summed E-state index contributed by atoms with van der Waals surface area (Å²) in [6.45, 7) is 1.31. The first-order chi connectivity index (χ1) is 9.37. The highest BCUT2D eigenvalue weighted by molar-refractivity contribution is 6.32. The second-order valence-corrected chi connectivity index (χ2v) is 5.12. The van der Waals surface area contributed by atoms with Crippen LogP contribution in [0.3, 0.4) is 0 Å². The van der Waals surface area contributed by atoms with Gasteiger partial charge in [-0.3, -0.25) is 0 Å². The molecule has 0 aromatic heterocycles. The predicted octanol–water partition coefficient (Wildman–Crippen LogP) is 4.09. The van der Waals surface area contributed by atoms with E-state index in [2.05, 4.69) is 4.74 Å². The van der Waals surface area contributed by atoms with Crippen molar-refractivity contribution in [3.05, 3.63) is 28.8 Å². The number of hydrogen-bond acceptors (Lipinski definition) is 3. The molecule has 1 aromatic carbocycles. The fraction of sp³-hybridized carbons (Fsp3) is 0.538. The summed E-state index contributed by atoms with van der Waals surface area (Å²) in [7, 11) is 0. The summed E-state index contributed by atoms with van der Waals surface area (Å²) in [6.07, 6.45) is -3.09. The minimum atomic E-state index is -4.76. The van der Waals surface area contributed by atoms with Gasteiger partial charge in [0.05, 0.1) is 5.02 Å². The smallest absolute Gasteiger partial charge is 0.404 e. The molecule has 1 saturated heterocycles. The van der Waals surface area contributed by atoms with Gasteiger partial charge in [0.1, 0.15) is 5.75 Å². The number of rotatable bonds is 3. The summed E-state index contributed by atoms with van der Waals surface area (Å²) in [5.41, 5.74) is 6.84. The third-order valence-corrected chi connectivity index (χ3v) is 3.64. The van der Waals surface area contributed by atoms with Crippen molar-refractivity contribution in [3.8, 4) is 5.75 Å². The Balaban J connectivity index is 0.00000220. The first-order valence-electron chi connectivity index (χ1n) is 6.25. The summed E-state index contributed by atoms with van der Waals surface area (Å²) in [5.74, 6) is -0.170. The minimum Gasteiger partial charge on any atom is -0.404 e. The van der Waals surface area contributed by atoms with E-state index in [1.165, 1.54) is 18.2 Å². The predicted molar refractivity (Wildman–Crippen MR) is 75.9 cm³/mol. The Morgan fingerprint density at radius 1 is 1.29 bits per heavy atom. The fourth-order valence-corrected chi connectivity index (χ4v) is 2.51. The van der Waals surface area contributed by atoms with E-state index in [4.69, 9.17) is 22.1 Å². The third kappa shape index (κ3) is 5.21. The van der Waals surface area contributed by atoms with E-state index < -0.39 is 12.1 Å². The van der Waals surface area contributed by atoms with E-state index in [1.54, 1.807) is 0 Å². The summed E-state index contributed by atoms with van der Waals surface area (Å²) in [6, 6.07) is 3.89. The largest absolute Gasteiger partial charge is 0.573 e. The van der Waals surface area contributed by atoms with Crippen molar-refractivity contribution in [3.63, 3.8) is 0 Å². The Morgan fingerprint density at radius 3 is 2.43 bits per heavy atom. The van der Waals surface area contributed by atoms with E-state index in [-0.39, 0.29) is 29.4 Å². The lowest BCUT2D eigenvalue weighted by molar-refractivity contribution is -0.274. The molecule has 1 atom stereocenters. The van der Waals surface area contributed by atoms with E-state index in [0.29, 0.717) is 18.8 Å². The summed E-state index contributed by atoms with van der Waals surface area (Å²) < 4.78 is 45.5. The quantitative estimate of drug-likeness (QED) is 0.897. The van der Waals surface area contributed by atoms with Gasteiger partial charge in [-0.25, -0.2) is 0 Å². The zero-order valence-electron chi connectivity index (χ0n) is 11.0. The van der Waals surface area contributed by atoms with Crippen LogP contribution in [-0.2, 0) is 4.74 Å². The van der Waals surface area contributed by atoms with E-state index in [9.17, 15) is 13.2 Å². The molecule has 1 aliphatic heterocycles. The lowest BCUT2D eigenvalue weighted by Crippen LogP contribution is -2.27. The number of alkyl halides is 3. The van der Waals surface area contributed by atoms with Crippen LogP contribution >= 0.6 is 24.0 Å². The average Bonchev–Trinajstić information content (AvgIpc) is 2.40. The molecule has 0 aliphatic carbocycles. The molecule has 0 bridgehead atoms. The van der Waals surface area contributed by atoms with Crippen LogP contribution in [0.4, 0.5) is 13.2 Å². The maximum atomic E-state index is 12.2.